The van der Waals surface area contributed by atoms with Gasteiger partial charge in [0.25, 0.3) is 5.91 Å². The van der Waals surface area contributed by atoms with Crippen LogP contribution in [0.5, 0.6) is 0 Å². The molecule has 3 aromatic carbocycles. The van der Waals surface area contributed by atoms with E-state index < -0.39 is 0 Å². The molecule has 5 rings (SSSR count). The molecule has 0 spiro atoms. The molecule has 0 radical (unpaired) electrons. The molecule has 218 valence electrons. The Bertz CT molecular complexity index is 1250. The van der Waals surface area contributed by atoms with Gasteiger partial charge in [-0.3, -0.25) is 4.79 Å². The van der Waals surface area contributed by atoms with Gasteiger partial charge in [-0.05, 0) is 69.1 Å². The van der Waals surface area contributed by atoms with E-state index in [1.54, 1.807) is 12.1 Å². The number of halogens is 1. The van der Waals surface area contributed by atoms with E-state index in [2.05, 4.69) is 43.1 Å². The van der Waals surface area contributed by atoms with Crippen LogP contribution in [0.3, 0.4) is 0 Å². The van der Waals surface area contributed by atoms with E-state index in [4.69, 9.17) is 16.3 Å². The van der Waals surface area contributed by atoms with Crippen LogP contribution >= 0.6 is 11.6 Å². The number of amides is 2. The van der Waals surface area contributed by atoms with Gasteiger partial charge in [-0.25, -0.2) is 4.79 Å². The molecule has 0 aromatic heterocycles. The lowest BCUT2D eigenvalue weighted by Crippen LogP contribution is -2.46. The maximum atomic E-state index is 12.6. The lowest BCUT2D eigenvalue weighted by atomic mass is 9.90. The minimum absolute atomic E-state index is 0.0332. The predicted octanol–water partition coefficient (Wildman–Crippen LogP) is 6.96. The van der Waals surface area contributed by atoms with E-state index in [-0.39, 0.29) is 12.0 Å². The lowest BCUT2D eigenvalue weighted by Gasteiger charge is -2.36. The van der Waals surface area contributed by atoms with Crippen molar-refractivity contribution in [3.05, 3.63) is 107 Å². The number of ether oxygens (including phenoxy) is 1. The van der Waals surface area contributed by atoms with Gasteiger partial charge in [0.2, 0.25) is 0 Å². The van der Waals surface area contributed by atoms with E-state index in [0.717, 1.165) is 44.6 Å². The van der Waals surface area contributed by atoms with E-state index in [1.165, 1.54) is 5.56 Å². The van der Waals surface area contributed by atoms with Gasteiger partial charge in [0.15, 0.2) is 0 Å². The number of benzene rings is 3. The number of hydrogen-bond acceptors (Lipinski definition) is 4. The first kappa shape index (κ1) is 30.6. The average Bonchev–Trinajstić information content (AvgIpc) is 3.40. The minimum Gasteiger partial charge on any atom is -0.445 e. The van der Waals surface area contributed by atoms with Crippen molar-refractivity contribution in [2.75, 3.05) is 39.8 Å². The third-order valence-electron chi connectivity index (χ3n) is 8.14. The summed E-state index contributed by atoms with van der Waals surface area (Å²) in [7, 11) is 2.13. The highest BCUT2D eigenvalue weighted by atomic mass is 35.5. The SMILES string of the molecule is CC1CN(C(=O)c2ccccc2Cl)C[C@H]1c1ccccc1.CCN(C(=O)OCc1ccccc1)C1CCN(C)CC1. The van der Waals surface area contributed by atoms with Crippen LogP contribution in [0.1, 0.15) is 54.1 Å². The van der Waals surface area contributed by atoms with Gasteiger partial charge in [-0.15, -0.1) is 0 Å². The molecule has 2 fully saturated rings. The van der Waals surface area contributed by atoms with Crippen LogP contribution in [0.15, 0.2) is 84.9 Å². The smallest absolute Gasteiger partial charge is 0.410 e. The summed E-state index contributed by atoms with van der Waals surface area (Å²) in [5, 5.41) is 0.526. The van der Waals surface area contributed by atoms with Crippen LogP contribution in [0, 0.1) is 5.92 Å². The number of rotatable bonds is 6. The Kier molecular flexibility index (Phi) is 11.2. The number of hydrogen-bond donors (Lipinski definition) is 0. The highest BCUT2D eigenvalue weighted by molar-refractivity contribution is 6.33. The molecule has 2 aliphatic heterocycles. The Balaban J connectivity index is 0.000000189. The molecule has 7 heteroatoms. The van der Waals surface area contributed by atoms with Gasteiger partial charge in [-0.1, -0.05) is 91.3 Å². The van der Waals surface area contributed by atoms with Crippen LogP contribution in [-0.4, -0.2) is 72.5 Å². The molecule has 6 nitrogen and oxygen atoms in total. The molecular weight excluding hydrogens is 534 g/mol. The fourth-order valence-electron chi connectivity index (χ4n) is 5.72. The van der Waals surface area contributed by atoms with Crippen LogP contribution < -0.4 is 0 Å². The molecule has 2 heterocycles. The van der Waals surface area contributed by atoms with Crippen LogP contribution in [0.4, 0.5) is 4.79 Å². The van der Waals surface area contributed by atoms with Crippen molar-refractivity contribution in [3.8, 4) is 0 Å². The lowest BCUT2D eigenvalue weighted by molar-refractivity contribution is 0.0664. The van der Waals surface area contributed by atoms with Gasteiger partial charge >= 0.3 is 6.09 Å². The average molecular weight is 576 g/mol. The monoisotopic (exact) mass is 575 g/mol. The molecule has 0 bridgehead atoms. The van der Waals surface area contributed by atoms with E-state index >= 15 is 0 Å². The molecule has 41 heavy (non-hydrogen) atoms. The molecule has 3 aromatic rings. The van der Waals surface area contributed by atoms with E-state index in [9.17, 15) is 9.59 Å². The third kappa shape index (κ3) is 8.34. The Morgan fingerprint density at radius 2 is 1.51 bits per heavy atom. The maximum Gasteiger partial charge on any atom is 0.410 e. The van der Waals surface area contributed by atoms with Crippen LogP contribution in [0.2, 0.25) is 5.02 Å². The highest BCUT2D eigenvalue weighted by Crippen LogP contribution is 2.33. The molecule has 1 unspecified atom stereocenters. The van der Waals surface area contributed by atoms with Crippen molar-refractivity contribution in [2.24, 2.45) is 5.92 Å². The number of piperidine rings is 1. The zero-order valence-corrected chi connectivity index (χ0v) is 25.2. The van der Waals surface area contributed by atoms with Crippen molar-refractivity contribution < 1.29 is 14.3 Å². The molecule has 2 amide bonds. The molecule has 0 saturated carbocycles. The number of nitrogens with zero attached hydrogens (tertiary/aromatic N) is 3. The first-order valence-electron chi connectivity index (χ1n) is 14.6. The topological polar surface area (TPSA) is 53.1 Å². The number of carbonyl (C=O) groups excluding carboxylic acids is 2. The zero-order chi connectivity index (χ0) is 29.2. The summed E-state index contributed by atoms with van der Waals surface area (Å²) in [4.78, 5) is 30.9. The summed E-state index contributed by atoms with van der Waals surface area (Å²) in [5.74, 6) is 0.891. The molecule has 2 atom stereocenters. The Morgan fingerprint density at radius 3 is 2.15 bits per heavy atom. The van der Waals surface area contributed by atoms with E-state index in [1.807, 2.05) is 65.3 Å². The maximum absolute atomic E-state index is 12.6. The third-order valence-corrected chi connectivity index (χ3v) is 8.47. The Morgan fingerprint density at radius 1 is 0.902 bits per heavy atom. The summed E-state index contributed by atoms with van der Waals surface area (Å²) < 4.78 is 5.43. The van der Waals surface area contributed by atoms with Crippen LogP contribution in [0.25, 0.3) is 0 Å². The van der Waals surface area contributed by atoms with Gasteiger partial charge in [0, 0.05) is 31.6 Å². The van der Waals surface area contributed by atoms with Crippen molar-refractivity contribution in [3.63, 3.8) is 0 Å². The van der Waals surface area contributed by atoms with Crippen molar-refractivity contribution in [1.29, 1.82) is 0 Å². The summed E-state index contributed by atoms with van der Waals surface area (Å²) in [6, 6.07) is 27.8. The second-order valence-corrected chi connectivity index (χ2v) is 11.5. The molecular formula is C34H42ClN3O3. The number of carbonyl (C=O) groups is 2. The van der Waals surface area contributed by atoms with Crippen molar-refractivity contribution in [2.45, 2.75) is 45.3 Å². The predicted molar refractivity (Wildman–Crippen MR) is 165 cm³/mol. The second kappa shape index (κ2) is 15.0. The normalized spacial score (nSPS) is 19.3. The first-order valence-corrected chi connectivity index (χ1v) is 15.0. The second-order valence-electron chi connectivity index (χ2n) is 11.0. The molecule has 0 N–H and O–H groups in total. The highest BCUT2D eigenvalue weighted by Gasteiger charge is 2.34. The molecule has 0 aliphatic carbocycles. The Labute approximate surface area is 249 Å². The largest absolute Gasteiger partial charge is 0.445 e. The van der Waals surface area contributed by atoms with Crippen molar-refractivity contribution >= 4 is 23.6 Å². The quantitative estimate of drug-likeness (QED) is 0.319. The summed E-state index contributed by atoms with van der Waals surface area (Å²) in [6.07, 6.45) is 1.88. The minimum atomic E-state index is -0.189. The standard InChI is InChI=1S/C18H18ClNO.C16H24N2O2/c1-13-11-20(12-16(13)14-7-3-2-4-8-14)18(21)15-9-5-6-10-17(15)19;1-3-18(15-9-11-17(2)12-10-15)16(19)20-13-14-7-5-4-6-8-14/h2-10,13,16H,11-12H2,1H3;4-8,15H,3,9-13H2,1-2H3/t13?,16-;/m1./s1. The van der Waals surface area contributed by atoms with Gasteiger partial charge < -0.3 is 19.4 Å². The summed E-state index contributed by atoms with van der Waals surface area (Å²) >= 11 is 6.14. The van der Waals surface area contributed by atoms with Gasteiger partial charge in [0.1, 0.15) is 6.61 Å². The number of likely N-dealkylation sites (tertiary alicyclic amines) is 2. The fourth-order valence-corrected chi connectivity index (χ4v) is 5.93. The zero-order valence-electron chi connectivity index (χ0n) is 24.4. The van der Waals surface area contributed by atoms with Crippen molar-refractivity contribution in [1.82, 2.24) is 14.7 Å². The molecule has 2 aliphatic rings. The summed E-state index contributed by atoms with van der Waals surface area (Å²) in [6.45, 7) is 8.92. The first-order chi connectivity index (χ1) is 19.9. The summed E-state index contributed by atoms with van der Waals surface area (Å²) in [5.41, 5.74) is 2.93. The molecule has 2 saturated heterocycles. The van der Waals surface area contributed by atoms with Gasteiger partial charge in [-0.2, -0.15) is 0 Å². The van der Waals surface area contributed by atoms with Crippen LogP contribution in [-0.2, 0) is 11.3 Å². The fraction of sp³-hybridized carbons (Fsp3) is 0.412. The Hall–Kier alpha value is -3.35. The van der Waals surface area contributed by atoms with Gasteiger partial charge in [0.05, 0.1) is 10.6 Å². The van der Waals surface area contributed by atoms with E-state index in [0.29, 0.717) is 41.6 Å².